The molecule has 1 aromatic carbocycles. The van der Waals surface area contributed by atoms with E-state index in [4.69, 9.17) is 4.74 Å². The normalized spacial score (nSPS) is 10.3. The van der Waals surface area contributed by atoms with Crippen LogP contribution in [0.1, 0.15) is 23.7 Å². The maximum absolute atomic E-state index is 11.4. The number of rotatable bonds is 6. The van der Waals surface area contributed by atoms with Crippen LogP contribution in [0.2, 0.25) is 0 Å². The van der Waals surface area contributed by atoms with E-state index in [-0.39, 0.29) is 5.78 Å². The summed E-state index contributed by atoms with van der Waals surface area (Å²) in [7, 11) is 0. The van der Waals surface area contributed by atoms with Gasteiger partial charge in [0.1, 0.15) is 5.75 Å². The van der Waals surface area contributed by atoms with Gasteiger partial charge < -0.3 is 9.30 Å². The molecule has 0 atom stereocenters. The summed E-state index contributed by atoms with van der Waals surface area (Å²) in [6.07, 6.45) is 6.33. The molecule has 2 rings (SSSR count). The Hall–Kier alpha value is -2.10. The van der Waals surface area contributed by atoms with Gasteiger partial charge in [-0.15, -0.1) is 0 Å². The Morgan fingerprint density at radius 3 is 2.94 bits per heavy atom. The molecule has 4 heteroatoms. The van der Waals surface area contributed by atoms with Gasteiger partial charge in [0, 0.05) is 18.9 Å². The molecule has 94 valence electrons. The van der Waals surface area contributed by atoms with Gasteiger partial charge in [-0.25, -0.2) is 4.98 Å². The van der Waals surface area contributed by atoms with Crippen LogP contribution in [0.25, 0.3) is 0 Å². The quantitative estimate of drug-likeness (QED) is 0.579. The first-order valence-corrected chi connectivity index (χ1v) is 5.96. The molecule has 0 amide bonds. The first-order valence-electron chi connectivity index (χ1n) is 5.96. The van der Waals surface area contributed by atoms with E-state index in [1.807, 2.05) is 29.0 Å². The lowest BCUT2D eigenvalue weighted by atomic mass is 10.1. The molecule has 0 N–H and O–H groups in total. The van der Waals surface area contributed by atoms with Gasteiger partial charge in [-0.1, -0.05) is 12.1 Å². The number of ether oxygens (including phenoxy) is 1. The lowest BCUT2D eigenvalue weighted by Crippen LogP contribution is -2.05. The maximum atomic E-state index is 11.4. The molecule has 0 fully saturated rings. The highest BCUT2D eigenvalue weighted by molar-refractivity contribution is 5.96. The minimum Gasteiger partial charge on any atom is -0.493 e. The van der Waals surface area contributed by atoms with Crippen molar-refractivity contribution in [3.05, 3.63) is 48.5 Å². The minimum absolute atomic E-state index is 0.0280. The number of ketones is 1. The zero-order valence-corrected chi connectivity index (χ0v) is 10.4. The molecular weight excluding hydrogens is 228 g/mol. The molecule has 0 aliphatic heterocycles. The smallest absolute Gasteiger partial charge is 0.163 e. The van der Waals surface area contributed by atoms with Crippen molar-refractivity contribution >= 4 is 5.78 Å². The van der Waals surface area contributed by atoms with Crippen LogP contribution in [-0.4, -0.2) is 21.9 Å². The lowest BCUT2D eigenvalue weighted by molar-refractivity contribution is 0.101. The number of aromatic nitrogens is 2. The summed E-state index contributed by atoms with van der Waals surface area (Å²) in [6.45, 7) is 3.00. The number of imidazole rings is 1. The summed E-state index contributed by atoms with van der Waals surface area (Å²) < 4.78 is 7.64. The van der Waals surface area contributed by atoms with Crippen LogP contribution in [0.15, 0.2) is 43.0 Å². The summed E-state index contributed by atoms with van der Waals surface area (Å²) in [5, 5.41) is 0. The highest BCUT2D eigenvalue weighted by Crippen LogP contribution is 2.18. The van der Waals surface area contributed by atoms with Gasteiger partial charge >= 0.3 is 0 Å². The Kier molecular flexibility index (Phi) is 4.12. The maximum Gasteiger partial charge on any atom is 0.163 e. The molecule has 0 aliphatic carbocycles. The highest BCUT2D eigenvalue weighted by Gasteiger charge is 2.06. The van der Waals surface area contributed by atoms with E-state index in [0.717, 1.165) is 13.0 Å². The predicted octanol–water partition coefficient (Wildman–Crippen LogP) is 2.55. The number of benzene rings is 1. The second-order valence-corrected chi connectivity index (χ2v) is 4.05. The topological polar surface area (TPSA) is 44.1 Å². The highest BCUT2D eigenvalue weighted by atomic mass is 16.5. The monoisotopic (exact) mass is 244 g/mol. The number of nitrogens with zero attached hydrogens (tertiary/aromatic N) is 2. The molecule has 2 aromatic rings. The van der Waals surface area contributed by atoms with Crippen molar-refractivity contribution in [2.24, 2.45) is 0 Å². The molecule has 1 heterocycles. The Labute approximate surface area is 106 Å². The van der Waals surface area contributed by atoms with Gasteiger partial charge in [-0.2, -0.15) is 0 Å². The van der Waals surface area contributed by atoms with E-state index in [0.29, 0.717) is 17.9 Å². The molecule has 0 saturated carbocycles. The summed E-state index contributed by atoms with van der Waals surface area (Å²) in [6, 6.07) is 7.33. The molecule has 0 bridgehead atoms. The molecule has 0 saturated heterocycles. The van der Waals surface area contributed by atoms with Gasteiger partial charge in [0.2, 0.25) is 0 Å². The number of hydrogen-bond acceptors (Lipinski definition) is 3. The number of aryl methyl sites for hydroxylation is 1. The second kappa shape index (κ2) is 6.00. The van der Waals surface area contributed by atoms with Crippen molar-refractivity contribution in [2.75, 3.05) is 6.61 Å². The lowest BCUT2D eigenvalue weighted by Gasteiger charge is -2.09. The summed E-state index contributed by atoms with van der Waals surface area (Å²) in [5.41, 5.74) is 0.639. The van der Waals surface area contributed by atoms with Crippen LogP contribution in [0.5, 0.6) is 5.75 Å². The van der Waals surface area contributed by atoms with E-state index in [9.17, 15) is 4.79 Å². The second-order valence-electron chi connectivity index (χ2n) is 4.05. The zero-order chi connectivity index (χ0) is 12.8. The summed E-state index contributed by atoms with van der Waals surface area (Å²) >= 11 is 0. The van der Waals surface area contributed by atoms with Crippen LogP contribution in [-0.2, 0) is 6.54 Å². The van der Waals surface area contributed by atoms with Crippen molar-refractivity contribution in [3.8, 4) is 5.75 Å². The third-order valence-corrected chi connectivity index (χ3v) is 2.64. The van der Waals surface area contributed by atoms with Gasteiger partial charge in [-0.3, -0.25) is 4.79 Å². The van der Waals surface area contributed by atoms with E-state index in [1.165, 1.54) is 0 Å². The van der Waals surface area contributed by atoms with Crippen molar-refractivity contribution in [1.29, 1.82) is 0 Å². The number of para-hydroxylation sites is 1. The molecule has 1 aromatic heterocycles. The average molecular weight is 244 g/mol. The van der Waals surface area contributed by atoms with Crippen LogP contribution >= 0.6 is 0 Å². The minimum atomic E-state index is 0.0280. The Bertz CT molecular complexity index is 506. The Morgan fingerprint density at radius 2 is 2.22 bits per heavy atom. The van der Waals surface area contributed by atoms with Gasteiger partial charge in [0.15, 0.2) is 5.78 Å². The molecule has 0 spiro atoms. The van der Waals surface area contributed by atoms with Crippen molar-refractivity contribution < 1.29 is 9.53 Å². The predicted molar refractivity (Wildman–Crippen MR) is 68.8 cm³/mol. The first-order chi connectivity index (χ1) is 8.77. The van der Waals surface area contributed by atoms with E-state index >= 15 is 0 Å². The van der Waals surface area contributed by atoms with E-state index in [2.05, 4.69) is 4.98 Å². The van der Waals surface area contributed by atoms with Crippen LogP contribution in [0, 0.1) is 0 Å². The largest absolute Gasteiger partial charge is 0.493 e. The number of Topliss-reactive ketones (excluding diaryl/α,β-unsaturated/α-hetero) is 1. The Morgan fingerprint density at radius 1 is 1.39 bits per heavy atom. The molecule has 0 aliphatic rings. The van der Waals surface area contributed by atoms with E-state index in [1.54, 1.807) is 25.5 Å². The first kappa shape index (κ1) is 12.4. The fourth-order valence-corrected chi connectivity index (χ4v) is 1.73. The summed E-state index contributed by atoms with van der Waals surface area (Å²) in [4.78, 5) is 15.4. The fourth-order valence-electron chi connectivity index (χ4n) is 1.73. The average Bonchev–Trinajstić information content (AvgIpc) is 2.88. The number of hydrogen-bond donors (Lipinski definition) is 0. The van der Waals surface area contributed by atoms with Crippen LogP contribution < -0.4 is 4.74 Å². The number of carbonyl (C=O) groups is 1. The van der Waals surface area contributed by atoms with Crippen molar-refractivity contribution in [2.45, 2.75) is 19.9 Å². The molecule has 4 nitrogen and oxygen atoms in total. The van der Waals surface area contributed by atoms with E-state index < -0.39 is 0 Å². The molecular formula is C14H16N2O2. The summed E-state index contributed by atoms with van der Waals surface area (Å²) in [5.74, 6) is 0.691. The SMILES string of the molecule is CC(=O)c1ccccc1OCCCn1ccnc1. The molecule has 18 heavy (non-hydrogen) atoms. The third kappa shape index (κ3) is 3.20. The zero-order valence-electron chi connectivity index (χ0n) is 10.4. The van der Waals surface area contributed by atoms with Gasteiger partial charge in [-0.05, 0) is 25.5 Å². The molecule has 0 unspecified atom stereocenters. The van der Waals surface area contributed by atoms with Crippen LogP contribution in [0.4, 0.5) is 0 Å². The van der Waals surface area contributed by atoms with Crippen molar-refractivity contribution in [3.63, 3.8) is 0 Å². The molecule has 0 radical (unpaired) electrons. The number of carbonyl (C=O) groups excluding carboxylic acids is 1. The van der Waals surface area contributed by atoms with Crippen LogP contribution in [0.3, 0.4) is 0 Å². The van der Waals surface area contributed by atoms with Crippen molar-refractivity contribution in [1.82, 2.24) is 9.55 Å². The third-order valence-electron chi connectivity index (χ3n) is 2.64. The van der Waals surface area contributed by atoms with Gasteiger partial charge in [0.05, 0.1) is 18.5 Å². The fraction of sp³-hybridized carbons (Fsp3) is 0.286. The Balaban J connectivity index is 1.85. The van der Waals surface area contributed by atoms with Gasteiger partial charge in [0.25, 0.3) is 0 Å². The standard InChI is InChI=1S/C14H16N2O2/c1-12(17)13-5-2-3-6-14(13)18-10-4-8-16-9-7-15-11-16/h2-3,5-7,9,11H,4,8,10H2,1H3.